The first-order valence-electron chi connectivity index (χ1n) is 3.10. The predicted octanol–water partition coefficient (Wildman–Crippen LogP) is 0.248. The highest BCUT2D eigenvalue weighted by Gasteiger charge is 2.02. The first-order valence-corrected chi connectivity index (χ1v) is 4.18. The Morgan fingerprint density at radius 2 is 2.09 bits per heavy atom. The van der Waals surface area contributed by atoms with E-state index < -0.39 is 5.97 Å². The second-order valence-corrected chi connectivity index (χ2v) is 3.57. The maximum Gasteiger partial charge on any atom is 0.335 e. The largest absolute Gasteiger partial charge is 0.478 e. The Balaban J connectivity index is 3.19. The third-order valence-corrected chi connectivity index (χ3v) is 1.91. The van der Waals surface area contributed by atoms with Gasteiger partial charge in [0.05, 0.1) is 5.56 Å². The van der Waals surface area contributed by atoms with Crippen molar-refractivity contribution in [3.63, 3.8) is 0 Å². The van der Waals surface area contributed by atoms with Crippen LogP contribution in [-0.4, -0.2) is 18.9 Å². The van der Waals surface area contributed by atoms with Gasteiger partial charge in [0.1, 0.15) is 7.85 Å². The van der Waals surface area contributed by atoms with Crippen molar-refractivity contribution in [1.82, 2.24) is 0 Å². The summed E-state index contributed by atoms with van der Waals surface area (Å²) in [5.74, 6) is -0.869. The van der Waals surface area contributed by atoms with Crippen molar-refractivity contribution >= 4 is 41.9 Å². The van der Waals surface area contributed by atoms with Crippen LogP contribution in [0.5, 0.6) is 0 Å². The van der Waals surface area contributed by atoms with Crippen LogP contribution in [0.3, 0.4) is 0 Å². The van der Waals surface area contributed by atoms with Crippen LogP contribution in [0.4, 0.5) is 0 Å². The molecule has 0 atom stereocenters. The van der Waals surface area contributed by atoms with Gasteiger partial charge in [0.2, 0.25) is 0 Å². The summed E-state index contributed by atoms with van der Waals surface area (Å²) in [6.45, 7) is 0. The molecule has 0 heterocycles. The summed E-state index contributed by atoms with van der Waals surface area (Å²) >= 11 is 2.10. The van der Waals surface area contributed by atoms with Crippen molar-refractivity contribution < 1.29 is 9.90 Å². The quantitative estimate of drug-likeness (QED) is 0.580. The van der Waals surface area contributed by atoms with E-state index >= 15 is 0 Å². The highest BCUT2D eigenvalue weighted by molar-refractivity contribution is 14.1. The fraction of sp³-hybridized carbons (Fsp3) is 0. The second kappa shape index (κ2) is 3.25. The van der Waals surface area contributed by atoms with E-state index in [1.165, 1.54) is 0 Å². The van der Waals surface area contributed by atoms with Crippen LogP contribution in [0.25, 0.3) is 0 Å². The summed E-state index contributed by atoms with van der Waals surface area (Å²) in [6, 6.07) is 5.24. The molecule has 0 aromatic heterocycles. The van der Waals surface area contributed by atoms with E-state index in [1.807, 2.05) is 13.9 Å². The molecule has 4 heteroatoms. The molecule has 0 spiro atoms. The van der Waals surface area contributed by atoms with Gasteiger partial charge in [-0.1, -0.05) is 17.6 Å². The van der Waals surface area contributed by atoms with Gasteiger partial charge in [-0.3, -0.25) is 0 Å². The number of carboxylic acids is 1. The minimum absolute atomic E-state index is 0.356. The molecule has 0 bridgehead atoms. The lowest BCUT2D eigenvalue weighted by Crippen LogP contribution is -2.07. The van der Waals surface area contributed by atoms with E-state index in [2.05, 4.69) is 22.6 Å². The summed E-state index contributed by atoms with van der Waals surface area (Å²) in [7, 11) is 1.88. The Morgan fingerprint density at radius 1 is 1.45 bits per heavy atom. The summed E-state index contributed by atoms with van der Waals surface area (Å²) in [5.41, 5.74) is 1.34. The molecule has 2 nitrogen and oxygen atoms in total. The van der Waals surface area contributed by atoms with E-state index in [-0.39, 0.29) is 0 Å². The zero-order chi connectivity index (χ0) is 8.43. The van der Waals surface area contributed by atoms with Gasteiger partial charge in [0.15, 0.2) is 0 Å². The van der Waals surface area contributed by atoms with Crippen molar-refractivity contribution in [2.45, 2.75) is 0 Å². The molecule has 1 N–H and O–H groups in total. The second-order valence-electron chi connectivity index (χ2n) is 2.32. The molecule has 0 unspecified atom stereocenters. The normalized spacial score (nSPS) is 9.55. The number of carbonyl (C=O) groups is 1. The third-order valence-electron chi connectivity index (χ3n) is 1.29. The van der Waals surface area contributed by atoms with Crippen molar-refractivity contribution in [2.24, 2.45) is 0 Å². The Kier molecular flexibility index (Phi) is 2.54. The minimum Gasteiger partial charge on any atom is -0.478 e. The summed E-state index contributed by atoms with van der Waals surface area (Å²) in [6.07, 6.45) is 0. The third kappa shape index (κ3) is 2.22. The fourth-order valence-electron chi connectivity index (χ4n) is 0.860. The molecular formula is C7H6BIO2. The molecule has 56 valence electrons. The maximum atomic E-state index is 10.5. The van der Waals surface area contributed by atoms with Crippen molar-refractivity contribution in [3.05, 3.63) is 27.3 Å². The van der Waals surface area contributed by atoms with Crippen LogP contribution in [0.1, 0.15) is 10.4 Å². The Hall–Kier alpha value is -0.515. The molecule has 11 heavy (non-hydrogen) atoms. The van der Waals surface area contributed by atoms with Crippen molar-refractivity contribution in [2.75, 3.05) is 0 Å². The molecule has 0 amide bonds. The van der Waals surface area contributed by atoms with E-state index in [0.29, 0.717) is 5.56 Å². The van der Waals surface area contributed by atoms with Crippen molar-refractivity contribution in [1.29, 1.82) is 0 Å². The van der Waals surface area contributed by atoms with E-state index in [4.69, 9.17) is 5.11 Å². The predicted molar refractivity (Wildman–Crippen MR) is 54.3 cm³/mol. The van der Waals surface area contributed by atoms with Crippen LogP contribution >= 0.6 is 22.6 Å². The average Bonchev–Trinajstić information content (AvgIpc) is 1.85. The first kappa shape index (κ1) is 8.58. The molecule has 1 aromatic carbocycles. The number of benzene rings is 1. The highest BCUT2D eigenvalue weighted by atomic mass is 127. The Labute approximate surface area is 79.2 Å². The molecule has 0 aliphatic carbocycles. The molecule has 0 radical (unpaired) electrons. The monoisotopic (exact) mass is 260 g/mol. The van der Waals surface area contributed by atoms with Crippen molar-refractivity contribution in [3.8, 4) is 0 Å². The summed E-state index contributed by atoms with van der Waals surface area (Å²) in [5, 5.41) is 8.63. The smallest absolute Gasteiger partial charge is 0.335 e. The molecule has 1 rings (SSSR count). The number of rotatable bonds is 1. The highest BCUT2D eigenvalue weighted by Crippen LogP contribution is 2.05. The fourth-order valence-corrected chi connectivity index (χ4v) is 1.69. The van der Waals surface area contributed by atoms with E-state index in [9.17, 15) is 4.79 Å². The van der Waals surface area contributed by atoms with Gasteiger partial charge in [-0.05, 0) is 28.7 Å². The Bertz CT molecular complexity index is 278. The van der Waals surface area contributed by atoms with Crippen LogP contribution < -0.4 is 5.46 Å². The standard InChI is InChI=1S/C7H6BIO2/c8-5-1-4(7(10)11)2-6(9)3-5/h1-3H,8H2,(H,10,11). The molecule has 0 fully saturated rings. The van der Waals surface area contributed by atoms with E-state index in [0.717, 1.165) is 9.03 Å². The molecule has 0 saturated carbocycles. The summed E-state index contributed by atoms with van der Waals surface area (Å²) < 4.78 is 0.958. The van der Waals surface area contributed by atoms with E-state index in [1.54, 1.807) is 12.1 Å². The lowest BCUT2D eigenvalue weighted by molar-refractivity contribution is 0.0697. The molecule has 0 aliphatic heterocycles. The number of hydrogen-bond donors (Lipinski definition) is 1. The van der Waals surface area contributed by atoms with Gasteiger partial charge in [-0.15, -0.1) is 0 Å². The number of hydrogen-bond acceptors (Lipinski definition) is 1. The molecular weight excluding hydrogens is 254 g/mol. The zero-order valence-electron chi connectivity index (χ0n) is 5.97. The van der Waals surface area contributed by atoms with Gasteiger partial charge >= 0.3 is 5.97 Å². The maximum absolute atomic E-state index is 10.5. The molecule has 0 saturated heterocycles. The minimum atomic E-state index is -0.869. The average molecular weight is 260 g/mol. The topological polar surface area (TPSA) is 37.3 Å². The van der Waals surface area contributed by atoms with Gasteiger partial charge in [0.25, 0.3) is 0 Å². The van der Waals surface area contributed by atoms with Crippen LogP contribution in [0.15, 0.2) is 18.2 Å². The van der Waals surface area contributed by atoms with Gasteiger partial charge in [-0.2, -0.15) is 0 Å². The molecule has 0 aliphatic rings. The van der Waals surface area contributed by atoms with Gasteiger partial charge < -0.3 is 5.11 Å². The van der Waals surface area contributed by atoms with Gasteiger partial charge in [0, 0.05) is 3.57 Å². The van der Waals surface area contributed by atoms with Crippen LogP contribution in [-0.2, 0) is 0 Å². The lowest BCUT2D eigenvalue weighted by atomic mass is 9.95. The SMILES string of the molecule is Bc1cc(I)cc(C(=O)O)c1. The van der Waals surface area contributed by atoms with Crippen LogP contribution in [0, 0.1) is 3.57 Å². The number of aromatic carboxylic acids is 1. The number of carboxylic acid groups (broad SMARTS) is 1. The van der Waals surface area contributed by atoms with Gasteiger partial charge in [-0.25, -0.2) is 4.79 Å². The molecule has 1 aromatic rings. The summed E-state index contributed by atoms with van der Waals surface area (Å²) in [4.78, 5) is 10.5. The first-order chi connectivity index (χ1) is 5.09. The van der Waals surface area contributed by atoms with Crippen LogP contribution in [0.2, 0.25) is 0 Å². The number of halogens is 1. The zero-order valence-corrected chi connectivity index (χ0v) is 8.12. The lowest BCUT2D eigenvalue weighted by Gasteiger charge is -1.97. The Morgan fingerprint density at radius 3 is 2.55 bits per heavy atom.